The monoisotopic (exact) mass is 264 g/mol. The van der Waals surface area contributed by atoms with E-state index in [0.29, 0.717) is 24.7 Å². The molecule has 0 aromatic heterocycles. The van der Waals surface area contributed by atoms with Crippen molar-refractivity contribution in [3.63, 3.8) is 0 Å². The second-order valence-electron chi connectivity index (χ2n) is 6.67. The molecule has 0 aromatic rings. The Morgan fingerprint density at radius 2 is 1.42 bits per heavy atom. The van der Waals surface area contributed by atoms with Gasteiger partial charge in [0.15, 0.2) is 0 Å². The van der Waals surface area contributed by atoms with Crippen molar-refractivity contribution in [1.29, 1.82) is 0 Å². The van der Waals surface area contributed by atoms with Crippen LogP contribution in [-0.4, -0.2) is 29.6 Å². The van der Waals surface area contributed by atoms with E-state index in [2.05, 4.69) is 10.2 Å². The summed E-state index contributed by atoms with van der Waals surface area (Å²) < 4.78 is 0. The Morgan fingerprint density at radius 1 is 0.842 bits per heavy atom. The Bertz CT molecular complexity index is 304. The van der Waals surface area contributed by atoms with Crippen LogP contribution in [0.3, 0.4) is 0 Å². The second kappa shape index (κ2) is 6.25. The molecule has 3 aliphatic rings. The van der Waals surface area contributed by atoms with Crippen LogP contribution in [0.1, 0.15) is 70.6 Å². The zero-order chi connectivity index (χ0) is 13.1. The van der Waals surface area contributed by atoms with Crippen molar-refractivity contribution in [2.75, 3.05) is 6.54 Å². The van der Waals surface area contributed by atoms with Crippen LogP contribution in [0.5, 0.6) is 0 Å². The Labute approximate surface area is 117 Å². The standard InChI is InChI=1S/C16H28N2O/c19-15-12-17-16(13-8-6-7-9-13)18(15)14-10-4-2-1-3-5-11-14/h13-14,16-17H,1-12H2. The zero-order valence-electron chi connectivity index (χ0n) is 12.1. The topological polar surface area (TPSA) is 32.3 Å². The van der Waals surface area contributed by atoms with Gasteiger partial charge in [0, 0.05) is 6.04 Å². The predicted octanol–water partition coefficient (Wildman–Crippen LogP) is 3.05. The number of carbonyl (C=O) groups is 1. The van der Waals surface area contributed by atoms with E-state index >= 15 is 0 Å². The average molecular weight is 264 g/mol. The van der Waals surface area contributed by atoms with Gasteiger partial charge in [-0.25, -0.2) is 0 Å². The molecular formula is C16H28N2O. The fourth-order valence-corrected chi connectivity index (χ4v) is 4.35. The summed E-state index contributed by atoms with van der Waals surface area (Å²) in [6.07, 6.45) is 14.9. The van der Waals surface area contributed by atoms with Gasteiger partial charge in [-0.3, -0.25) is 10.1 Å². The highest BCUT2D eigenvalue weighted by molar-refractivity contribution is 5.81. The maximum absolute atomic E-state index is 12.3. The van der Waals surface area contributed by atoms with Crippen LogP contribution >= 0.6 is 0 Å². The Morgan fingerprint density at radius 3 is 2.11 bits per heavy atom. The summed E-state index contributed by atoms with van der Waals surface area (Å²) in [5, 5.41) is 3.51. The molecule has 0 aromatic carbocycles. The lowest BCUT2D eigenvalue weighted by molar-refractivity contribution is -0.131. The summed E-state index contributed by atoms with van der Waals surface area (Å²) in [6, 6.07) is 0.522. The number of hydrogen-bond donors (Lipinski definition) is 1. The van der Waals surface area contributed by atoms with Gasteiger partial charge in [-0.15, -0.1) is 0 Å². The molecule has 2 saturated carbocycles. The van der Waals surface area contributed by atoms with E-state index in [4.69, 9.17) is 0 Å². The lowest BCUT2D eigenvalue weighted by atomic mass is 9.94. The van der Waals surface area contributed by atoms with Crippen molar-refractivity contribution in [3.8, 4) is 0 Å². The van der Waals surface area contributed by atoms with Crippen LogP contribution in [0.15, 0.2) is 0 Å². The largest absolute Gasteiger partial charge is 0.323 e. The summed E-state index contributed by atoms with van der Waals surface area (Å²) >= 11 is 0. The molecule has 3 fully saturated rings. The van der Waals surface area contributed by atoms with E-state index in [0.717, 1.165) is 5.92 Å². The molecule has 108 valence electrons. The van der Waals surface area contributed by atoms with Gasteiger partial charge in [0.1, 0.15) is 0 Å². The first-order chi connectivity index (χ1) is 9.36. The molecule has 1 saturated heterocycles. The smallest absolute Gasteiger partial charge is 0.238 e. The number of hydrogen-bond acceptors (Lipinski definition) is 2. The van der Waals surface area contributed by atoms with E-state index in [9.17, 15) is 4.79 Å². The van der Waals surface area contributed by atoms with Crippen LogP contribution < -0.4 is 5.32 Å². The lowest BCUT2D eigenvalue weighted by Gasteiger charge is -2.36. The Balaban J connectivity index is 1.68. The van der Waals surface area contributed by atoms with E-state index < -0.39 is 0 Å². The zero-order valence-corrected chi connectivity index (χ0v) is 12.1. The molecule has 1 aliphatic heterocycles. The molecule has 1 heterocycles. The molecule has 0 radical (unpaired) electrons. The SMILES string of the molecule is O=C1CNC(C2CCCC2)N1C1CCCCCCC1. The van der Waals surface area contributed by atoms with Gasteiger partial charge in [-0.1, -0.05) is 44.9 Å². The first-order valence-corrected chi connectivity index (χ1v) is 8.41. The minimum atomic E-state index is 0.361. The van der Waals surface area contributed by atoms with Gasteiger partial charge < -0.3 is 4.90 Å². The molecular weight excluding hydrogens is 236 g/mol. The summed E-state index contributed by atoms with van der Waals surface area (Å²) in [5.41, 5.74) is 0. The molecule has 0 spiro atoms. The van der Waals surface area contributed by atoms with Crippen molar-refractivity contribution in [1.82, 2.24) is 10.2 Å². The summed E-state index contributed by atoms with van der Waals surface area (Å²) in [7, 11) is 0. The third-order valence-corrected chi connectivity index (χ3v) is 5.36. The minimum Gasteiger partial charge on any atom is -0.323 e. The molecule has 2 aliphatic carbocycles. The highest BCUT2D eigenvalue weighted by atomic mass is 16.2. The quantitative estimate of drug-likeness (QED) is 0.831. The number of carbonyl (C=O) groups excluding carboxylic acids is 1. The molecule has 3 nitrogen and oxygen atoms in total. The van der Waals surface area contributed by atoms with Crippen LogP contribution in [0.25, 0.3) is 0 Å². The molecule has 19 heavy (non-hydrogen) atoms. The maximum atomic E-state index is 12.3. The highest BCUT2D eigenvalue weighted by Gasteiger charge is 2.40. The van der Waals surface area contributed by atoms with Gasteiger partial charge in [-0.2, -0.15) is 0 Å². The minimum absolute atomic E-state index is 0.361. The third-order valence-electron chi connectivity index (χ3n) is 5.36. The number of nitrogens with one attached hydrogen (secondary N) is 1. The van der Waals surface area contributed by atoms with Crippen molar-refractivity contribution in [3.05, 3.63) is 0 Å². The Kier molecular flexibility index (Phi) is 4.42. The van der Waals surface area contributed by atoms with Crippen LogP contribution in [-0.2, 0) is 4.79 Å². The van der Waals surface area contributed by atoms with E-state index in [1.807, 2.05) is 0 Å². The van der Waals surface area contributed by atoms with E-state index in [1.165, 1.54) is 70.6 Å². The third kappa shape index (κ3) is 2.96. The molecule has 0 bridgehead atoms. The van der Waals surface area contributed by atoms with E-state index in [1.54, 1.807) is 0 Å². The average Bonchev–Trinajstić information content (AvgIpc) is 2.98. The van der Waals surface area contributed by atoms with Gasteiger partial charge in [-0.05, 0) is 31.6 Å². The summed E-state index contributed by atoms with van der Waals surface area (Å²) in [6.45, 7) is 0.581. The number of amides is 1. The van der Waals surface area contributed by atoms with Gasteiger partial charge in [0.05, 0.1) is 12.7 Å². The molecule has 1 amide bonds. The molecule has 3 rings (SSSR count). The van der Waals surface area contributed by atoms with Crippen LogP contribution in [0, 0.1) is 5.92 Å². The Hall–Kier alpha value is -0.570. The lowest BCUT2D eigenvalue weighted by Crippen LogP contribution is -2.48. The van der Waals surface area contributed by atoms with Gasteiger partial charge in [0.25, 0.3) is 0 Å². The number of nitrogens with zero attached hydrogens (tertiary/aromatic N) is 1. The molecule has 3 heteroatoms. The molecule has 1 atom stereocenters. The van der Waals surface area contributed by atoms with Crippen molar-refractivity contribution >= 4 is 5.91 Å². The fourth-order valence-electron chi connectivity index (χ4n) is 4.35. The van der Waals surface area contributed by atoms with Gasteiger partial charge in [0.2, 0.25) is 5.91 Å². The second-order valence-corrected chi connectivity index (χ2v) is 6.67. The molecule has 1 unspecified atom stereocenters. The number of rotatable bonds is 2. The fraction of sp³-hybridized carbons (Fsp3) is 0.938. The predicted molar refractivity (Wildman–Crippen MR) is 76.7 cm³/mol. The maximum Gasteiger partial charge on any atom is 0.238 e. The van der Waals surface area contributed by atoms with Gasteiger partial charge >= 0.3 is 0 Å². The van der Waals surface area contributed by atoms with Crippen LogP contribution in [0.2, 0.25) is 0 Å². The van der Waals surface area contributed by atoms with Crippen molar-refractivity contribution in [2.45, 2.75) is 82.8 Å². The first-order valence-electron chi connectivity index (χ1n) is 8.41. The first kappa shape index (κ1) is 13.4. The highest BCUT2D eigenvalue weighted by Crippen LogP contribution is 2.34. The van der Waals surface area contributed by atoms with Crippen molar-refractivity contribution < 1.29 is 4.79 Å². The molecule has 1 N–H and O–H groups in total. The van der Waals surface area contributed by atoms with E-state index in [-0.39, 0.29) is 0 Å². The van der Waals surface area contributed by atoms with Crippen molar-refractivity contribution in [2.24, 2.45) is 5.92 Å². The normalized spacial score (nSPS) is 31.7. The summed E-state index contributed by atoms with van der Waals surface area (Å²) in [5.74, 6) is 1.08. The van der Waals surface area contributed by atoms with Crippen LogP contribution in [0.4, 0.5) is 0 Å². The summed E-state index contributed by atoms with van der Waals surface area (Å²) in [4.78, 5) is 14.6.